The summed E-state index contributed by atoms with van der Waals surface area (Å²) in [5.74, 6) is -2.07. The van der Waals surface area contributed by atoms with Gasteiger partial charge in [-0.3, -0.25) is 9.59 Å². The van der Waals surface area contributed by atoms with Crippen molar-refractivity contribution in [2.45, 2.75) is 31.7 Å². The van der Waals surface area contributed by atoms with E-state index < -0.39 is 17.8 Å². The second-order valence-electron chi connectivity index (χ2n) is 5.11. The van der Waals surface area contributed by atoms with Gasteiger partial charge in [0.25, 0.3) is 5.91 Å². The number of aliphatic carboxylic acids is 1. The van der Waals surface area contributed by atoms with E-state index in [0.717, 1.165) is 18.9 Å². The first-order valence-corrected chi connectivity index (χ1v) is 6.52. The number of rotatable bonds is 3. The van der Waals surface area contributed by atoms with E-state index in [2.05, 4.69) is 5.32 Å². The van der Waals surface area contributed by atoms with Crippen molar-refractivity contribution in [1.29, 1.82) is 0 Å². The van der Waals surface area contributed by atoms with Crippen LogP contribution >= 0.6 is 0 Å². The third kappa shape index (κ3) is 3.40. The van der Waals surface area contributed by atoms with Gasteiger partial charge in [-0.1, -0.05) is 6.42 Å². The third-order valence-corrected chi connectivity index (χ3v) is 3.52. The Bertz CT molecular complexity index is 508. The Labute approximate surface area is 116 Å². The van der Waals surface area contributed by atoms with Crippen molar-refractivity contribution in [2.75, 3.05) is 0 Å². The Morgan fingerprint density at radius 1 is 1.10 bits per heavy atom. The predicted molar refractivity (Wildman–Crippen MR) is 70.6 cm³/mol. The lowest BCUT2D eigenvalue weighted by molar-refractivity contribution is -0.143. The normalized spacial score (nSPS) is 22.2. The maximum atomic E-state index is 12.0. The quantitative estimate of drug-likeness (QED) is 0.670. The average molecular weight is 279 g/mol. The number of aromatic hydroxyl groups is 2. The minimum Gasteiger partial charge on any atom is -0.508 e. The van der Waals surface area contributed by atoms with Gasteiger partial charge in [-0.05, 0) is 31.4 Å². The van der Waals surface area contributed by atoms with Crippen molar-refractivity contribution in [3.05, 3.63) is 23.8 Å². The maximum absolute atomic E-state index is 12.0. The van der Waals surface area contributed by atoms with E-state index in [9.17, 15) is 19.8 Å². The molecule has 2 rings (SSSR count). The second kappa shape index (κ2) is 5.81. The zero-order valence-corrected chi connectivity index (χ0v) is 10.9. The van der Waals surface area contributed by atoms with Gasteiger partial charge >= 0.3 is 5.97 Å². The van der Waals surface area contributed by atoms with Crippen LogP contribution in [0.2, 0.25) is 0 Å². The topological polar surface area (TPSA) is 107 Å². The van der Waals surface area contributed by atoms with E-state index >= 15 is 0 Å². The molecule has 2 atom stereocenters. The molecule has 1 saturated carbocycles. The number of phenols is 2. The molecule has 1 fully saturated rings. The Morgan fingerprint density at radius 2 is 1.75 bits per heavy atom. The average Bonchev–Trinajstić information content (AvgIpc) is 2.37. The zero-order chi connectivity index (χ0) is 14.7. The highest BCUT2D eigenvalue weighted by Crippen LogP contribution is 2.25. The number of hydrogen-bond donors (Lipinski definition) is 4. The lowest BCUT2D eigenvalue weighted by atomic mass is 9.85. The van der Waals surface area contributed by atoms with Crippen molar-refractivity contribution in [1.82, 2.24) is 5.32 Å². The zero-order valence-electron chi connectivity index (χ0n) is 10.9. The molecule has 0 bridgehead atoms. The van der Waals surface area contributed by atoms with Crippen molar-refractivity contribution in [3.63, 3.8) is 0 Å². The summed E-state index contributed by atoms with van der Waals surface area (Å²) in [5.41, 5.74) is 0.153. The van der Waals surface area contributed by atoms with Crippen molar-refractivity contribution in [3.8, 4) is 11.5 Å². The smallest absolute Gasteiger partial charge is 0.306 e. The maximum Gasteiger partial charge on any atom is 0.306 e. The van der Waals surface area contributed by atoms with Gasteiger partial charge < -0.3 is 20.6 Å². The molecule has 1 aromatic rings. The van der Waals surface area contributed by atoms with Crippen LogP contribution < -0.4 is 5.32 Å². The van der Waals surface area contributed by atoms with E-state index in [1.165, 1.54) is 12.1 Å². The van der Waals surface area contributed by atoms with Gasteiger partial charge in [0.2, 0.25) is 0 Å². The molecular formula is C14H17NO5. The molecule has 1 amide bonds. The number of amides is 1. The number of carbonyl (C=O) groups is 2. The van der Waals surface area contributed by atoms with Crippen molar-refractivity contribution in [2.24, 2.45) is 5.92 Å². The molecular weight excluding hydrogens is 262 g/mol. The molecule has 108 valence electrons. The highest BCUT2D eigenvalue weighted by Gasteiger charge is 2.28. The van der Waals surface area contributed by atoms with Crippen LogP contribution in [0, 0.1) is 5.92 Å². The second-order valence-corrected chi connectivity index (χ2v) is 5.11. The summed E-state index contributed by atoms with van der Waals surface area (Å²) < 4.78 is 0. The first-order chi connectivity index (χ1) is 9.45. The Balaban J connectivity index is 2.02. The number of hydrogen-bond acceptors (Lipinski definition) is 4. The molecule has 0 spiro atoms. The first kappa shape index (κ1) is 14.2. The Morgan fingerprint density at radius 3 is 2.35 bits per heavy atom. The van der Waals surface area contributed by atoms with Gasteiger partial charge in [0, 0.05) is 17.7 Å². The monoisotopic (exact) mass is 279 g/mol. The molecule has 0 aliphatic heterocycles. The summed E-state index contributed by atoms with van der Waals surface area (Å²) in [4.78, 5) is 23.0. The minimum absolute atomic E-state index is 0.153. The fourth-order valence-electron chi connectivity index (χ4n) is 2.54. The number of benzene rings is 1. The van der Waals surface area contributed by atoms with Gasteiger partial charge in [-0.15, -0.1) is 0 Å². The molecule has 1 aliphatic rings. The largest absolute Gasteiger partial charge is 0.508 e. The molecule has 0 aromatic heterocycles. The van der Waals surface area contributed by atoms with E-state index in [4.69, 9.17) is 5.11 Å². The van der Waals surface area contributed by atoms with E-state index in [1.807, 2.05) is 0 Å². The summed E-state index contributed by atoms with van der Waals surface area (Å²) in [5, 5.41) is 30.4. The lowest BCUT2D eigenvalue weighted by Crippen LogP contribution is -2.39. The number of carbonyl (C=O) groups excluding carboxylic acids is 1. The highest BCUT2D eigenvalue weighted by atomic mass is 16.4. The molecule has 4 N–H and O–H groups in total. The molecule has 1 aromatic carbocycles. The third-order valence-electron chi connectivity index (χ3n) is 3.52. The van der Waals surface area contributed by atoms with E-state index in [-0.39, 0.29) is 23.1 Å². The molecule has 1 aliphatic carbocycles. The lowest BCUT2D eigenvalue weighted by Gasteiger charge is -2.27. The fraction of sp³-hybridized carbons (Fsp3) is 0.429. The Hall–Kier alpha value is -2.24. The Kier molecular flexibility index (Phi) is 4.12. The predicted octanol–water partition coefficient (Wildman–Crippen LogP) is 1.47. The summed E-state index contributed by atoms with van der Waals surface area (Å²) in [6.07, 6.45) is 2.54. The molecule has 6 heteroatoms. The van der Waals surface area contributed by atoms with Crippen LogP contribution in [0.5, 0.6) is 11.5 Å². The number of nitrogens with one attached hydrogen (secondary N) is 1. The highest BCUT2D eigenvalue weighted by molar-refractivity contribution is 5.95. The van der Waals surface area contributed by atoms with Gasteiger partial charge in [-0.2, -0.15) is 0 Å². The van der Waals surface area contributed by atoms with Crippen molar-refractivity contribution >= 4 is 11.9 Å². The van der Waals surface area contributed by atoms with Gasteiger partial charge in [0.05, 0.1) is 5.92 Å². The van der Waals surface area contributed by atoms with Gasteiger partial charge in [0.15, 0.2) is 0 Å². The van der Waals surface area contributed by atoms with Gasteiger partial charge in [0.1, 0.15) is 11.5 Å². The molecule has 20 heavy (non-hydrogen) atoms. The summed E-state index contributed by atoms with van der Waals surface area (Å²) >= 11 is 0. The standard InChI is InChI=1S/C14H17NO5/c16-11-5-9(6-12(17)7-11)13(18)15-10-3-1-2-8(4-10)14(19)20/h5-8,10,16-17H,1-4H2,(H,15,18)(H,19,20). The molecule has 0 saturated heterocycles. The SMILES string of the molecule is O=C(NC1CCCC(C(=O)O)C1)c1cc(O)cc(O)c1. The minimum atomic E-state index is -0.834. The first-order valence-electron chi connectivity index (χ1n) is 6.52. The van der Waals surface area contributed by atoms with Crippen LogP contribution in [-0.4, -0.2) is 33.2 Å². The van der Waals surface area contributed by atoms with E-state index in [0.29, 0.717) is 12.8 Å². The van der Waals surface area contributed by atoms with Crippen LogP contribution in [0.4, 0.5) is 0 Å². The summed E-state index contributed by atoms with van der Waals surface area (Å²) in [6, 6.07) is 3.46. The van der Waals surface area contributed by atoms with Gasteiger partial charge in [-0.25, -0.2) is 0 Å². The summed E-state index contributed by atoms with van der Waals surface area (Å²) in [7, 11) is 0. The van der Waals surface area contributed by atoms with Crippen LogP contribution in [0.3, 0.4) is 0 Å². The number of carboxylic acids is 1. The van der Waals surface area contributed by atoms with Crippen molar-refractivity contribution < 1.29 is 24.9 Å². The molecule has 2 unspecified atom stereocenters. The van der Waals surface area contributed by atoms with Crippen LogP contribution in [0.25, 0.3) is 0 Å². The van der Waals surface area contributed by atoms with Crippen LogP contribution in [0.1, 0.15) is 36.0 Å². The summed E-state index contributed by atoms with van der Waals surface area (Å²) in [6.45, 7) is 0. The molecule has 0 radical (unpaired) electrons. The number of carboxylic acid groups (broad SMARTS) is 1. The number of phenolic OH excluding ortho intramolecular Hbond substituents is 2. The van der Waals surface area contributed by atoms with E-state index in [1.54, 1.807) is 0 Å². The fourth-order valence-corrected chi connectivity index (χ4v) is 2.54. The van der Waals surface area contributed by atoms with Crippen LogP contribution in [0.15, 0.2) is 18.2 Å². The van der Waals surface area contributed by atoms with Crippen LogP contribution in [-0.2, 0) is 4.79 Å². The molecule has 0 heterocycles. The molecule has 6 nitrogen and oxygen atoms in total.